The topological polar surface area (TPSA) is 9.23 Å². The molecule has 6 atom stereocenters. The molecule has 0 unspecified atom stereocenters. The minimum atomic E-state index is 0.942. The van der Waals surface area contributed by atoms with Crippen molar-refractivity contribution in [2.45, 2.75) is 10.3 Å². The van der Waals surface area contributed by atoms with Crippen LogP contribution in [0.2, 0.25) is 0 Å². The van der Waals surface area contributed by atoms with Crippen molar-refractivity contribution in [2.24, 2.45) is 29.6 Å². The van der Waals surface area contributed by atoms with Gasteiger partial charge in [-0.3, -0.25) is 0 Å². The quantitative estimate of drug-likeness (QED) is 0.547. The van der Waals surface area contributed by atoms with Crippen LogP contribution < -0.4 is 0 Å². The van der Waals surface area contributed by atoms with Crippen molar-refractivity contribution in [3.05, 3.63) is 0 Å². The monoisotopic (exact) mass is 264 g/mol. The molecule has 1 nitrogen and oxygen atoms in total. The summed E-state index contributed by atoms with van der Waals surface area (Å²) in [5.41, 5.74) is 0. The zero-order valence-corrected chi connectivity index (χ0v) is 8.82. The van der Waals surface area contributed by atoms with Crippen LogP contribution >= 0.6 is 22.6 Å². The van der Waals surface area contributed by atoms with Crippen LogP contribution in [-0.4, -0.2) is 17.6 Å². The summed E-state index contributed by atoms with van der Waals surface area (Å²) < 4.78 is 6.27. The van der Waals surface area contributed by atoms with E-state index in [0.717, 1.165) is 40.1 Å². The molecule has 0 heterocycles. The average molecular weight is 264 g/mol. The number of hydrogen-bond acceptors (Lipinski definition) is 1. The van der Waals surface area contributed by atoms with E-state index in [1.165, 1.54) is 6.42 Å². The number of hydrogen-bond donors (Lipinski definition) is 0. The first-order valence-corrected chi connectivity index (χ1v) is 5.72. The number of methoxy groups -OCH3 is 1. The Labute approximate surface area is 81.0 Å². The van der Waals surface area contributed by atoms with E-state index >= 15 is 0 Å². The molecule has 0 aromatic rings. The van der Waals surface area contributed by atoms with Crippen LogP contribution in [0, 0.1) is 29.6 Å². The zero-order chi connectivity index (χ0) is 7.59. The third-order valence-electron chi connectivity index (χ3n) is 4.02. The van der Waals surface area contributed by atoms with Gasteiger partial charge in [0, 0.05) is 17.6 Å². The number of alkyl halides is 1. The van der Waals surface area contributed by atoms with Crippen molar-refractivity contribution in [2.75, 3.05) is 13.7 Å². The molecular formula is C9H13IO. The van der Waals surface area contributed by atoms with Crippen molar-refractivity contribution in [3.63, 3.8) is 0 Å². The van der Waals surface area contributed by atoms with E-state index in [4.69, 9.17) is 4.74 Å². The standard InChI is InChI=1S/C9H13IO/c1-11-3-6-4-2-5-7(6)8(5)9(4)10/h4-9H,2-3H2,1H3/t4-,5+,6-,7+,8+,9-/m1/s1. The van der Waals surface area contributed by atoms with E-state index in [0.29, 0.717) is 0 Å². The molecule has 4 aliphatic rings. The second-order valence-corrected chi connectivity index (χ2v) is 5.72. The van der Waals surface area contributed by atoms with Gasteiger partial charge in [0.1, 0.15) is 0 Å². The van der Waals surface area contributed by atoms with Crippen molar-refractivity contribution in [1.29, 1.82) is 0 Å². The van der Waals surface area contributed by atoms with Crippen molar-refractivity contribution >= 4 is 22.6 Å². The van der Waals surface area contributed by atoms with Crippen molar-refractivity contribution in [3.8, 4) is 0 Å². The van der Waals surface area contributed by atoms with Crippen LogP contribution in [-0.2, 0) is 4.74 Å². The SMILES string of the molecule is COC[C@@H]1[C@H]2C[C@H]3[C@@H]1[C@H]3[C@@H]2I. The Kier molecular flexibility index (Phi) is 1.38. The Morgan fingerprint density at radius 2 is 2.18 bits per heavy atom. The summed E-state index contributed by atoms with van der Waals surface area (Å²) in [7, 11) is 1.84. The number of ether oxygens (including phenoxy) is 1. The molecule has 0 saturated heterocycles. The Hall–Kier alpha value is 0.690. The van der Waals surface area contributed by atoms with Gasteiger partial charge in [-0.05, 0) is 36.0 Å². The molecule has 2 heteroatoms. The molecule has 0 radical (unpaired) electrons. The van der Waals surface area contributed by atoms with Crippen LogP contribution in [0.25, 0.3) is 0 Å². The maximum absolute atomic E-state index is 5.26. The molecule has 62 valence electrons. The molecule has 0 aromatic heterocycles. The molecular weight excluding hydrogens is 251 g/mol. The van der Waals surface area contributed by atoms with Crippen LogP contribution in [0.5, 0.6) is 0 Å². The lowest BCUT2D eigenvalue weighted by atomic mass is 9.99. The molecule has 0 amide bonds. The van der Waals surface area contributed by atoms with Gasteiger partial charge in [-0.1, -0.05) is 22.6 Å². The van der Waals surface area contributed by atoms with Gasteiger partial charge in [0.15, 0.2) is 0 Å². The molecule has 11 heavy (non-hydrogen) atoms. The maximum atomic E-state index is 5.26. The lowest BCUT2D eigenvalue weighted by molar-refractivity contribution is 0.135. The first-order valence-electron chi connectivity index (χ1n) is 4.47. The lowest BCUT2D eigenvalue weighted by Gasteiger charge is -2.15. The molecule has 4 fully saturated rings. The maximum Gasteiger partial charge on any atom is 0.0496 e. The molecule has 4 rings (SSSR count). The lowest BCUT2D eigenvalue weighted by Crippen LogP contribution is -2.15. The van der Waals surface area contributed by atoms with Crippen LogP contribution in [0.3, 0.4) is 0 Å². The molecule has 4 saturated carbocycles. The summed E-state index contributed by atoms with van der Waals surface area (Å²) in [4.78, 5) is 0. The van der Waals surface area contributed by atoms with E-state index in [1.807, 2.05) is 7.11 Å². The van der Waals surface area contributed by atoms with Gasteiger partial charge in [-0.15, -0.1) is 0 Å². The van der Waals surface area contributed by atoms with Crippen LogP contribution in [0.1, 0.15) is 6.42 Å². The van der Waals surface area contributed by atoms with Crippen LogP contribution in [0.4, 0.5) is 0 Å². The van der Waals surface area contributed by atoms with Gasteiger partial charge in [0.25, 0.3) is 0 Å². The van der Waals surface area contributed by atoms with Crippen molar-refractivity contribution < 1.29 is 4.74 Å². The second kappa shape index (κ2) is 2.13. The first kappa shape index (κ1) is 7.13. The van der Waals surface area contributed by atoms with E-state index in [1.54, 1.807) is 0 Å². The molecule has 4 bridgehead atoms. The number of rotatable bonds is 2. The third-order valence-corrected chi connectivity index (χ3v) is 5.77. The second-order valence-electron chi connectivity index (χ2n) is 4.28. The highest BCUT2D eigenvalue weighted by molar-refractivity contribution is 14.1. The highest BCUT2D eigenvalue weighted by Crippen LogP contribution is 2.75. The molecule has 0 N–H and O–H groups in total. The zero-order valence-electron chi connectivity index (χ0n) is 6.66. The fraction of sp³-hybridized carbons (Fsp3) is 1.00. The van der Waals surface area contributed by atoms with Crippen molar-refractivity contribution in [1.82, 2.24) is 0 Å². The molecule has 0 aromatic carbocycles. The summed E-state index contributed by atoms with van der Waals surface area (Å²) in [6.07, 6.45) is 1.52. The van der Waals surface area contributed by atoms with E-state index in [9.17, 15) is 0 Å². The largest absolute Gasteiger partial charge is 0.384 e. The Morgan fingerprint density at radius 3 is 2.55 bits per heavy atom. The highest BCUT2D eigenvalue weighted by Gasteiger charge is 2.72. The summed E-state index contributed by atoms with van der Waals surface area (Å²) in [5, 5.41) is 0. The Bertz CT molecular complexity index is 194. The molecule has 4 aliphatic carbocycles. The Balaban J connectivity index is 1.81. The predicted molar refractivity (Wildman–Crippen MR) is 51.8 cm³/mol. The normalized spacial score (nSPS) is 63.8. The molecule has 0 aliphatic heterocycles. The predicted octanol–water partition coefficient (Wildman–Crippen LogP) is 1.95. The summed E-state index contributed by atoms with van der Waals surface area (Å²) in [6, 6.07) is 0. The van der Waals surface area contributed by atoms with Gasteiger partial charge in [0.2, 0.25) is 0 Å². The fourth-order valence-electron chi connectivity index (χ4n) is 3.65. The summed E-state index contributed by atoms with van der Waals surface area (Å²) >= 11 is 2.67. The number of halogens is 1. The smallest absolute Gasteiger partial charge is 0.0496 e. The van der Waals surface area contributed by atoms with Gasteiger partial charge in [-0.25, -0.2) is 0 Å². The summed E-state index contributed by atoms with van der Waals surface area (Å²) in [5.74, 6) is 5.29. The van der Waals surface area contributed by atoms with Gasteiger partial charge < -0.3 is 4.74 Å². The fourth-order valence-corrected chi connectivity index (χ4v) is 5.49. The molecule has 0 spiro atoms. The third kappa shape index (κ3) is 0.711. The summed E-state index contributed by atoms with van der Waals surface area (Å²) in [6.45, 7) is 1.03. The van der Waals surface area contributed by atoms with E-state index < -0.39 is 0 Å². The van der Waals surface area contributed by atoms with Crippen LogP contribution in [0.15, 0.2) is 0 Å². The van der Waals surface area contributed by atoms with Gasteiger partial charge in [-0.2, -0.15) is 0 Å². The van der Waals surface area contributed by atoms with Gasteiger partial charge >= 0.3 is 0 Å². The van der Waals surface area contributed by atoms with Gasteiger partial charge in [0.05, 0.1) is 0 Å². The van der Waals surface area contributed by atoms with E-state index in [-0.39, 0.29) is 0 Å². The highest BCUT2D eigenvalue weighted by atomic mass is 127. The minimum absolute atomic E-state index is 0.942. The average Bonchev–Trinajstić information content (AvgIpc) is 2.36. The Morgan fingerprint density at radius 1 is 1.36 bits per heavy atom. The first-order chi connectivity index (χ1) is 5.34. The van der Waals surface area contributed by atoms with E-state index in [2.05, 4.69) is 22.6 Å². The minimum Gasteiger partial charge on any atom is -0.384 e.